The van der Waals surface area contributed by atoms with Gasteiger partial charge in [-0.05, 0) is 46.3 Å². The molecule has 0 aromatic carbocycles. The van der Waals surface area contributed by atoms with Gasteiger partial charge in [0.2, 0.25) is 5.91 Å². The summed E-state index contributed by atoms with van der Waals surface area (Å²) in [5.74, 6) is 0.630. The van der Waals surface area contributed by atoms with Crippen LogP contribution in [0.5, 0.6) is 0 Å². The number of hydrogen-bond acceptors (Lipinski definition) is 4. The Hall–Kier alpha value is -0.485. The molecule has 4 nitrogen and oxygen atoms in total. The molecule has 0 aromatic rings. The molecule has 0 saturated heterocycles. The first-order valence-corrected chi connectivity index (χ1v) is 7.97. The van der Waals surface area contributed by atoms with Crippen molar-refractivity contribution in [1.82, 2.24) is 5.32 Å². The van der Waals surface area contributed by atoms with E-state index in [0.717, 1.165) is 12.7 Å². The van der Waals surface area contributed by atoms with Gasteiger partial charge in [-0.25, -0.2) is 11.6 Å². The Balaban J connectivity index is 4.02. The fraction of sp³-hybridized carbons (Fsp3) is 0.857. The van der Waals surface area contributed by atoms with Gasteiger partial charge >= 0.3 is 0 Å². The maximum absolute atomic E-state index is 11.7. The number of rotatable bonds is 11. The minimum absolute atomic E-state index is 0.00756. The molecule has 0 atom stereocenters. The number of carbonyl (C=O) groups excluding carboxylic acids is 2. The molecule has 0 rings (SSSR count). The van der Waals surface area contributed by atoms with Gasteiger partial charge in [0.15, 0.2) is 7.12 Å². The number of amides is 1. The van der Waals surface area contributed by atoms with Gasteiger partial charge in [-0.3, -0.25) is 4.79 Å². The summed E-state index contributed by atoms with van der Waals surface area (Å²) >= 11 is 1.17. The van der Waals surface area contributed by atoms with Gasteiger partial charge in [-0.1, -0.05) is 0 Å². The van der Waals surface area contributed by atoms with Gasteiger partial charge < -0.3 is 14.8 Å². The lowest BCUT2D eigenvalue weighted by Crippen LogP contribution is -2.44. The van der Waals surface area contributed by atoms with E-state index in [2.05, 4.69) is 5.32 Å². The third-order valence-corrected chi connectivity index (χ3v) is 3.45. The van der Waals surface area contributed by atoms with Crippen molar-refractivity contribution >= 4 is 30.9 Å². The molecule has 0 spiro atoms. The predicted molar refractivity (Wildman–Crippen MR) is 85.0 cm³/mol. The zero-order chi connectivity index (χ0) is 15.6. The average molecular weight is 299 g/mol. The highest BCUT2D eigenvalue weighted by Gasteiger charge is 2.23. The molecule has 0 aliphatic heterocycles. The second-order valence-corrected chi connectivity index (χ2v) is 6.86. The summed E-state index contributed by atoms with van der Waals surface area (Å²) in [6.45, 7) is 8.44. The van der Waals surface area contributed by atoms with Crippen molar-refractivity contribution in [3.63, 3.8) is 0 Å². The van der Waals surface area contributed by atoms with E-state index in [-0.39, 0.29) is 17.0 Å². The second kappa shape index (κ2) is 9.45. The van der Waals surface area contributed by atoms with Gasteiger partial charge in [0.25, 0.3) is 0 Å². The van der Waals surface area contributed by atoms with Gasteiger partial charge in [0.1, 0.15) is 6.29 Å². The van der Waals surface area contributed by atoms with E-state index >= 15 is 0 Å². The van der Waals surface area contributed by atoms with E-state index in [1.165, 1.54) is 11.6 Å². The topological polar surface area (TPSA) is 55.4 Å². The zero-order valence-corrected chi connectivity index (χ0v) is 13.8. The standard InChI is InChI=1S/C14H26BNO3S/c1-13(2,16-12(18)6-11-20-15)8-10-19-14(3,4)7-5-9-17/h9H,5-8,10-11H2,1-4H3,(H,16,18). The van der Waals surface area contributed by atoms with Crippen molar-refractivity contribution < 1.29 is 14.3 Å². The van der Waals surface area contributed by atoms with Crippen molar-refractivity contribution in [2.75, 3.05) is 12.4 Å². The molecule has 0 unspecified atom stereocenters. The molecule has 0 bridgehead atoms. The molecule has 1 amide bonds. The fourth-order valence-corrected chi connectivity index (χ4v) is 2.02. The lowest BCUT2D eigenvalue weighted by Gasteiger charge is -2.30. The van der Waals surface area contributed by atoms with Gasteiger partial charge in [0.05, 0.1) is 5.60 Å². The Morgan fingerprint density at radius 1 is 1.30 bits per heavy atom. The molecule has 0 aromatic heterocycles. The molecule has 20 heavy (non-hydrogen) atoms. The molecule has 0 saturated carbocycles. The van der Waals surface area contributed by atoms with E-state index in [4.69, 9.17) is 11.9 Å². The number of hydrogen-bond donors (Lipinski definition) is 1. The van der Waals surface area contributed by atoms with Crippen LogP contribution in [0, 0.1) is 0 Å². The summed E-state index contributed by atoms with van der Waals surface area (Å²) < 4.78 is 5.80. The lowest BCUT2D eigenvalue weighted by molar-refractivity contribution is -0.122. The van der Waals surface area contributed by atoms with E-state index < -0.39 is 0 Å². The van der Waals surface area contributed by atoms with Crippen molar-refractivity contribution in [3.8, 4) is 0 Å². The van der Waals surface area contributed by atoms with Crippen LogP contribution in [0.2, 0.25) is 0 Å². The molecule has 0 fully saturated rings. The quantitative estimate of drug-likeness (QED) is 0.469. The SMILES string of the molecule is [B]SCCC(=O)NC(C)(C)CCOC(C)(C)CCC=O. The molecule has 2 radical (unpaired) electrons. The Morgan fingerprint density at radius 2 is 1.95 bits per heavy atom. The molecule has 6 heteroatoms. The van der Waals surface area contributed by atoms with Crippen LogP contribution in [0.3, 0.4) is 0 Å². The first-order valence-electron chi connectivity index (χ1n) is 6.93. The summed E-state index contributed by atoms with van der Waals surface area (Å²) in [5.41, 5.74) is -0.617. The van der Waals surface area contributed by atoms with Gasteiger partial charge in [0, 0.05) is 25.0 Å². The zero-order valence-electron chi connectivity index (χ0n) is 13.0. The maximum Gasteiger partial charge on any atom is 0.221 e. The van der Waals surface area contributed by atoms with Crippen molar-refractivity contribution in [2.45, 2.75) is 64.5 Å². The van der Waals surface area contributed by atoms with E-state index in [0.29, 0.717) is 31.6 Å². The van der Waals surface area contributed by atoms with E-state index in [1.807, 2.05) is 27.7 Å². The van der Waals surface area contributed by atoms with Crippen molar-refractivity contribution in [3.05, 3.63) is 0 Å². The Bertz CT molecular complexity index is 309. The van der Waals surface area contributed by atoms with Gasteiger partial charge in [-0.2, -0.15) is 0 Å². The van der Waals surface area contributed by atoms with Crippen LogP contribution >= 0.6 is 11.6 Å². The summed E-state index contributed by atoms with van der Waals surface area (Å²) in [6.07, 6.45) is 3.26. The largest absolute Gasteiger partial charge is 0.375 e. The maximum atomic E-state index is 11.7. The molecule has 0 heterocycles. The highest BCUT2D eigenvalue weighted by molar-refractivity contribution is 8.19. The number of aldehydes is 1. The van der Waals surface area contributed by atoms with Crippen LogP contribution < -0.4 is 5.32 Å². The number of nitrogens with one attached hydrogen (secondary N) is 1. The third kappa shape index (κ3) is 10.3. The highest BCUT2D eigenvalue weighted by Crippen LogP contribution is 2.18. The fourth-order valence-electron chi connectivity index (χ4n) is 1.72. The summed E-state index contributed by atoms with van der Waals surface area (Å²) in [5, 5.41) is 2.98. The smallest absolute Gasteiger partial charge is 0.221 e. The number of ether oxygens (including phenoxy) is 1. The van der Waals surface area contributed by atoms with Crippen molar-refractivity contribution in [1.29, 1.82) is 0 Å². The molecular weight excluding hydrogens is 273 g/mol. The molecule has 1 N–H and O–H groups in total. The average Bonchev–Trinajstić information content (AvgIpc) is 2.32. The molecule has 114 valence electrons. The van der Waals surface area contributed by atoms with Crippen LogP contribution in [-0.2, 0) is 14.3 Å². The van der Waals surface area contributed by atoms with E-state index in [9.17, 15) is 9.59 Å². The highest BCUT2D eigenvalue weighted by atomic mass is 32.2. The minimum atomic E-state index is -0.308. The third-order valence-electron chi connectivity index (χ3n) is 3.01. The molecular formula is C14H26BNO3S. The minimum Gasteiger partial charge on any atom is -0.375 e. The summed E-state index contributed by atoms with van der Waals surface area (Å²) in [7, 11) is 5.30. The van der Waals surface area contributed by atoms with Gasteiger partial charge in [-0.15, -0.1) is 0 Å². The van der Waals surface area contributed by atoms with E-state index in [1.54, 1.807) is 0 Å². The first kappa shape index (κ1) is 19.5. The Morgan fingerprint density at radius 3 is 2.50 bits per heavy atom. The second-order valence-electron chi connectivity index (χ2n) is 6.12. The van der Waals surface area contributed by atoms with Crippen LogP contribution in [-0.4, -0.2) is 42.8 Å². The van der Waals surface area contributed by atoms with Crippen LogP contribution in [0.4, 0.5) is 0 Å². The molecule has 0 aliphatic rings. The van der Waals surface area contributed by atoms with Crippen LogP contribution in [0.25, 0.3) is 0 Å². The van der Waals surface area contributed by atoms with Crippen molar-refractivity contribution in [2.24, 2.45) is 0 Å². The lowest BCUT2D eigenvalue weighted by atomic mass is 10.00. The summed E-state index contributed by atoms with van der Waals surface area (Å²) in [4.78, 5) is 22.0. The normalized spacial score (nSPS) is 12.2. The predicted octanol–water partition coefficient (Wildman–Crippen LogP) is 2.25. The van der Waals surface area contributed by atoms with Crippen LogP contribution in [0.1, 0.15) is 53.4 Å². The Labute approximate surface area is 128 Å². The monoisotopic (exact) mass is 299 g/mol. The molecule has 0 aliphatic carbocycles. The number of carbonyl (C=O) groups is 2. The first-order chi connectivity index (χ1) is 9.22. The Kier molecular flexibility index (Phi) is 9.22. The van der Waals surface area contributed by atoms with Crippen LogP contribution in [0.15, 0.2) is 0 Å². The summed E-state index contributed by atoms with van der Waals surface area (Å²) in [6, 6.07) is 0.